The van der Waals surface area contributed by atoms with Crippen molar-refractivity contribution in [1.29, 1.82) is 0 Å². The van der Waals surface area contributed by atoms with Crippen molar-refractivity contribution in [3.05, 3.63) is 215 Å². The second kappa shape index (κ2) is 36.7. The lowest BCUT2D eigenvalue weighted by atomic mass is 10.1. The number of aryl methyl sites for hydroxylation is 3. The van der Waals surface area contributed by atoms with Crippen LogP contribution in [0.2, 0.25) is 0 Å². The summed E-state index contributed by atoms with van der Waals surface area (Å²) in [6.45, 7) is 15.3. The highest BCUT2D eigenvalue weighted by Gasteiger charge is 2.30. The Bertz CT molecular complexity index is 4440. The Hall–Kier alpha value is -8.33. The number of nitrogens with zero attached hydrogens (tertiary/aromatic N) is 6. The Kier molecular flexibility index (Phi) is 29.7. The largest absolute Gasteiger partial charge is 0.382 e. The zero-order valence-corrected chi connectivity index (χ0v) is 63.8. The number of carbonyl (C=O) groups is 3. The number of hydrogen-bond donors (Lipinski definition) is 3. The molecule has 24 nitrogen and oxygen atoms in total. The van der Waals surface area contributed by atoms with E-state index in [1.807, 2.05) is 93.6 Å². The quantitative estimate of drug-likeness (QED) is 0.0318. The van der Waals surface area contributed by atoms with Gasteiger partial charge in [-0.1, -0.05) is 126 Å². The van der Waals surface area contributed by atoms with Crippen LogP contribution >= 0.6 is 34.3 Å². The standard InChI is InChI=1S/3C23H26N3O5PS.CH3FS/c3*1-4-31-32(3,28)15-33(29,30)19-11-7-17(8-12-19)13-21(27)22-23(24)25-14-20(26-22)18-9-5-16(2)6-10-18;1-3-2/h3*5-12,14H,4,13,15H2,1-3H3,(H2,24,25);1H3/t2*32-;;/m10../s1. The first-order valence-electron chi connectivity index (χ1n) is 31.3. The molecule has 6 aromatic carbocycles. The number of rotatable bonds is 27. The number of ketones is 3. The van der Waals surface area contributed by atoms with Crippen LogP contribution < -0.4 is 17.2 Å². The SMILES string of the molecule is CCOP(C)(=O)CS(=O)(=O)c1ccc(CC(=O)c2nc(-c3ccc(C)cc3)cnc2N)cc1.CCO[P@@](C)(=O)CS(=O)(=O)c1ccc(CC(=O)c2nc(-c3ccc(C)cc3)cnc2N)cc1.CCO[P@](C)(=O)CS(=O)(=O)c1ccc(CC(=O)c2nc(-c3ccc(C)cc3)cnc2N)cc1.CSF. The minimum Gasteiger partial charge on any atom is -0.382 e. The van der Waals surface area contributed by atoms with E-state index in [0.29, 0.717) is 33.8 Å². The van der Waals surface area contributed by atoms with Crippen LogP contribution in [0.3, 0.4) is 0 Å². The molecule has 3 aromatic heterocycles. The summed E-state index contributed by atoms with van der Waals surface area (Å²) < 4.78 is 138. The van der Waals surface area contributed by atoms with Gasteiger partial charge in [-0.05, 0) is 94.6 Å². The van der Waals surface area contributed by atoms with E-state index < -0.39 is 68.1 Å². The number of benzene rings is 6. The lowest BCUT2D eigenvalue weighted by Gasteiger charge is -2.13. The average Bonchev–Trinajstić information content (AvgIpc) is 0.835. The normalized spacial score (nSPS) is 13.2. The third kappa shape index (κ3) is 24.7. The van der Waals surface area contributed by atoms with Gasteiger partial charge < -0.3 is 30.8 Å². The van der Waals surface area contributed by atoms with Crippen molar-refractivity contribution in [3.8, 4) is 33.8 Å². The van der Waals surface area contributed by atoms with E-state index >= 15 is 0 Å². The number of nitrogens with two attached hydrogens (primary N) is 3. The van der Waals surface area contributed by atoms with Gasteiger partial charge >= 0.3 is 0 Å². The van der Waals surface area contributed by atoms with Crippen LogP contribution in [-0.4, -0.2) is 135 Å². The highest BCUT2D eigenvalue weighted by Crippen LogP contribution is 2.47. The number of sulfone groups is 3. The van der Waals surface area contributed by atoms with Crippen molar-refractivity contribution in [2.24, 2.45) is 0 Å². The minimum absolute atomic E-state index is 0.0150. The predicted octanol–water partition coefficient (Wildman–Crippen LogP) is 13.6. The second-order valence-corrected chi connectivity index (χ2v) is 38.8. The monoisotopic (exact) mass is 1530 g/mol. The molecule has 0 saturated heterocycles. The van der Waals surface area contributed by atoms with Gasteiger partial charge in [-0.3, -0.25) is 28.1 Å². The molecule has 1 unspecified atom stereocenters. The molecule has 0 spiro atoms. The van der Waals surface area contributed by atoms with Crippen LogP contribution in [0, 0.1) is 20.8 Å². The average molecular weight is 1530 g/mol. The number of halogens is 1. The third-order valence-corrected chi connectivity index (χ3v) is 29.7. The highest BCUT2D eigenvalue weighted by molar-refractivity contribution is 7.99. The third-order valence-electron chi connectivity index (χ3n) is 14.6. The Labute approximate surface area is 599 Å². The predicted molar refractivity (Wildman–Crippen MR) is 400 cm³/mol. The molecular weight excluding hydrogens is 1450 g/mol. The molecule has 0 fully saturated rings. The van der Waals surface area contributed by atoms with E-state index in [9.17, 15) is 57.2 Å². The van der Waals surface area contributed by atoms with Crippen molar-refractivity contribution >= 4 is 98.6 Å². The van der Waals surface area contributed by atoms with Crippen LogP contribution in [0.5, 0.6) is 0 Å². The van der Waals surface area contributed by atoms with Crippen LogP contribution in [-0.2, 0) is 76.0 Å². The highest BCUT2D eigenvalue weighted by atomic mass is 32.2. The molecule has 9 rings (SSSR count). The van der Waals surface area contributed by atoms with Crippen LogP contribution in [0.25, 0.3) is 33.8 Å². The lowest BCUT2D eigenvalue weighted by molar-refractivity contribution is 0.0980. The zero-order valence-electron chi connectivity index (χ0n) is 57.8. The first kappa shape index (κ1) is 82.6. The molecule has 3 atom stereocenters. The van der Waals surface area contributed by atoms with E-state index in [0.717, 1.165) is 33.4 Å². The number of nitrogen functional groups attached to an aromatic ring is 3. The molecular formula is C70H81FN9O15P3S4. The van der Waals surface area contributed by atoms with E-state index in [4.69, 9.17) is 30.8 Å². The number of hydrogen-bond acceptors (Lipinski definition) is 25. The molecule has 0 amide bonds. The van der Waals surface area contributed by atoms with Gasteiger partial charge in [0.25, 0.3) is 0 Å². The van der Waals surface area contributed by atoms with Crippen molar-refractivity contribution < 1.29 is 70.8 Å². The molecule has 6 N–H and O–H groups in total. The Morgan fingerprint density at radius 1 is 0.402 bits per heavy atom. The first-order valence-corrected chi connectivity index (χ1v) is 44.2. The summed E-state index contributed by atoms with van der Waals surface area (Å²) in [5.41, 5.74) is 25.3. The van der Waals surface area contributed by atoms with Crippen LogP contribution in [0.15, 0.2) is 179 Å². The maximum Gasteiger partial charge on any atom is 0.215 e. The minimum atomic E-state index is -3.80. The van der Waals surface area contributed by atoms with Crippen molar-refractivity contribution in [1.82, 2.24) is 29.9 Å². The fraction of sp³-hybridized carbons (Fsp3) is 0.271. The van der Waals surface area contributed by atoms with E-state index in [2.05, 4.69) is 29.9 Å². The molecule has 9 aromatic rings. The fourth-order valence-corrected chi connectivity index (χ4v) is 23.1. The topological polar surface area (TPSA) is 388 Å². The van der Waals surface area contributed by atoms with Crippen molar-refractivity contribution in [2.75, 3.05) is 79.8 Å². The fourth-order valence-electron chi connectivity index (χ4n) is 9.73. The number of anilines is 3. The number of carbonyl (C=O) groups excluding carboxylic acids is 3. The summed E-state index contributed by atoms with van der Waals surface area (Å²) in [6.07, 6.45) is 5.85. The van der Waals surface area contributed by atoms with Gasteiger partial charge in [-0.15, -0.1) is 0 Å². The van der Waals surface area contributed by atoms with Crippen molar-refractivity contribution in [2.45, 2.75) is 75.5 Å². The molecule has 0 radical (unpaired) electrons. The molecule has 3 heterocycles. The second-order valence-electron chi connectivity index (χ2n) is 23.5. The number of Topliss-reactive ketones (excluding diaryl/α,β-unsaturated/α-hetero) is 3. The molecule has 542 valence electrons. The molecule has 0 aliphatic rings. The van der Waals surface area contributed by atoms with Gasteiger partial charge in [0.1, 0.15) is 33.6 Å². The van der Waals surface area contributed by atoms with E-state index in [1.165, 1.54) is 81.2 Å². The molecule has 0 aliphatic carbocycles. The molecule has 102 heavy (non-hydrogen) atoms. The van der Waals surface area contributed by atoms with Gasteiger partial charge in [0, 0.05) is 74.4 Å². The van der Waals surface area contributed by atoms with Gasteiger partial charge in [-0.25, -0.2) is 55.2 Å². The van der Waals surface area contributed by atoms with Gasteiger partial charge in [0.15, 0.2) is 64.3 Å². The van der Waals surface area contributed by atoms with Crippen LogP contribution in [0.4, 0.5) is 21.3 Å². The summed E-state index contributed by atoms with van der Waals surface area (Å²) in [6, 6.07) is 40.6. The Morgan fingerprint density at radius 2 is 0.608 bits per heavy atom. The van der Waals surface area contributed by atoms with Gasteiger partial charge in [0.05, 0.1) is 70.2 Å². The van der Waals surface area contributed by atoms with Gasteiger partial charge in [0.2, 0.25) is 22.1 Å². The van der Waals surface area contributed by atoms with E-state index in [-0.39, 0.29) is 118 Å². The van der Waals surface area contributed by atoms with Gasteiger partial charge in [-0.2, -0.15) is 3.89 Å². The number of aromatic nitrogens is 6. The summed E-state index contributed by atoms with van der Waals surface area (Å²) in [5, 5.41) is 0. The maximum absolute atomic E-state index is 12.9. The summed E-state index contributed by atoms with van der Waals surface area (Å²) in [7, 11) is -21.2. The summed E-state index contributed by atoms with van der Waals surface area (Å²) >= 11 is 0.250. The smallest absolute Gasteiger partial charge is 0.215 e. The maximum atomic E-state index is 12.9. The van der Waals surface area contributed by atoms with E-state index in [1.54, 1.807) is 57.2 Å². The molecule has 0 saturated carbocycles. The molecule has 0 bridgehead atoms. The van der Waals surface area contributed by atoms with Crippen LogP contribution in [0.1, 0.15) is 85.6 Å². The first-order chi connectivity index (χ1) is 47.9. The zero-order chi connectivity index (χ0) is 75.4. The summed E-state index contributed by atoms with van der Waals surface area (Å²) in [4.78, 5) is 64.2. The Morgan fingerprint density at radius 3 is 0.804 bits per heavy atom. The summed E-state index contributed by atoms with van der Waals surface area (Å²) in [5.74, 6) is -0.907. The molecule has 32 heteroatoms. The Balaban J connectivity index is 0.000000236. The molecule has 0 aliphatic heterocycles. The lowest BCUT2D eigenvalue weighted by Crippen LogP contribution is -2.12. The van der Waals surface area contributed by atoms with Crippen molar-refractivity contribution in [3.63, 3.8) is 0 Å².